The van der Waals surface area contributed by atoms with E-state index in [1.807, 2.05) is 41.2 Å². The number of aryl methyl sites for hydroxylation is 1. The van der Waals surface area contributed by atoms with Gasteiger partial charge in [0.05, 0.1) is 17.8 Å². The molecule has 0 fully saturated rings. The average molecular weight is 286 g/mol. The third-order valence-corrected chi connectivity index (χ3v) is 3.26. The summed E-state index contributed by atoms with van der Waals surface area (Å²) in [5, 5.41) is 7.65. The van der Waals surface area contributed by atoms with Crippen molar-refractivity contribution in [1.29, 1.82) is 0 Å². The highest BCUT2D eigenvalue weighted by atomic mass is 16.2. The predicted molar refractivity (Wildman–Crippen MR) is 84.3 cm³/mol. The predicted octanol–water partition coefficient (Wildman–Crippen LogP) is 2.61. The van der Waals surface area contributed by atoms with Gasteiger partial charge in [0, 0.05) is 32.5 Å². The number of carbonyl (C=O) groups excluding carboxylic acids is 1. The smallest absolute Gasteiger partial charge is 0.255 e. The molecule has 21 heavy (non-hydrogen) atoms. The molecule has 0 saturated heterocycles. The van der Waals surface area contributed by atoms with Crippen LogP contribution in [0.4, 0.5) is 5.69 Å². The first kappa shape index (κ1) is 15.1. The molecule has 1 N–H and O–H groups in total. The highest BCUT2D eigenvalue weighted by molar-refractivity contribution is 5.99. The Kier molecular flexibility index (Phi) is 4.98. The largest absolute Gasteiger partial charge is 0.379 e. The SMILES string of the molecule is CCCn1nccc1CNc1ccccc1C(=O)N(C)C. The minimum absolute atomic E-state index is 0.000154. The maximum absolute atomic E-state index is 12.2. The van der Waals surface area contributed by atoms with E-state index < -0.39 is 0 Å². The molecule has 1 aromatic heterocycles. The van der Waals surface area contributed by atoms with Crippen LogP contribution in [0.15, 0.2) is 36.5 Å². The molecule has 0 unspecified atom stereocenters. The number of hydrogen-bond acceptors (Lipinski definition) is 3. The monoisotopic (exact) mass is 286 g/mol. The fourth-order valence-corrected chi connectivity index (χ4v) is 2.17. The van der Waals surface area contributed by atoms with Crippen molar-refractivity contribution in [2.75, 3.05) is 19.4 Å². The van der Waals surface area contributed by atoms with Crippen molar-refractivity contribution in [3.63, 3.8) is 0 Å². The maximum Gasteiger partial charge on any atom is 0.255 e. The molecule has 0 aliphatic heterocycles. The van der Waals surface area contributed by atoms with Gasteiger partial charge in [-0.25, -0.2) is 0 Å². The molecule has 1 amide bonds. The normalized spacial score (nSPS) is 10.4. The molecule has 0 aliphatic carbocycles. The number of nitrogens with zero attached hydrogens (tertiary/aromatic N) is 3. The van der Waals surface area contributed by atoms with Crippen molar-refractivity contribution in [2.45, 2.75) is 26.4 Å². The summed E-state index contributed by atoms with van der Waals surface area (Å²) in [6, 6.07) is 9.58. The lowest BCUT2D eigenvalue weighted by atomic mass is 10.1. The Morgan fingerprint density at radius 2 is 2.05 bits per heavy atom. The van der Waals surface area contributed by atoms with Crippen molar-refractivity contribution in [1.82, 2.24) is 14.7 Å². The van der Waals surface area contributed by atoms with Crippen LogP contribution in [0.5, 0.6) is 0 Å². The Labute approximate surface area is 125 Å². The molecule has 1 aromatic carbocycles. The molecular formula is C16H22N4O. The third kappa shape index (κ3) is 3.62. The second-order valence-electron chi connectivity index (χ2n) is 5.14. The van der Waals surface area contributed by atoms with Gasteiger partial charge in [-0.05, 0) is 24.6 Å². The number of para-hydroxylation sites is 1. The fourth-order valence-electron chi connectivity index (χ4n) is 2.17. The van der Waals surface area contributed by atoms with Gasteiger partial charge >= 0.3 is 0 Å². The van der Waals surface area contributed by atoms with Crippen LogP contribution in [0.3, 0.4) is 0 Å². The van der Waals surface area contributed by atoms with E-state index in [-0.39, 0.29) is 5.91 Å². The molecule has 0 aliphatic rings. The average Bonchev–Trinajstić information content (AvgIpc) is 2.92. The molecule has 0 saturated carbocycles. The number of amides is 1. The Morgan fingerprint density at radius 3 is 2.76 bits per heavy atom. The summed E-state index contributed by atoms with van der Waals surface area (Å²) in [7, 11) is 3.52. The topological polar surface area (TPSA) is 50.2 Å². The van der Waals surface area contributed by atoms with Gasteiger partial charge in [0.2, 0.25) is 0 Å². The minimum atomic E-state index is 0.000154. The van der Waals surface area contributed by atoms with Crippen molar-refractivity contribution in [3.8, 4) is 0 Å². The number of nitrogens with one attached hydrogen (secondary N) is 1. The molecule has 0 radical (unpaired) electrons. The number of aromatic nitrogens is 2. The van der Waals surface area contributed by atoms with E-state index in [9.17, 15) is 4.79 Å². The summed E-state index contributed by atoms with van der Waals surface area (Å²) < 4.78 is 1.99. The summed E-state index contributed by atoms with van der Waals surface area (Å²) >= 11 is 0. The van der Waals surface area contributed by atoms with E-state index in [1.165, 1.54) is 0 Å². The molecule has 0 spiro atoms. The van der Waals surface area contributed by atoms with E-state index >= 15 is 0 Å². The van der Waals surface area contributed by atoms with E-state index in [0.717, 1.165) is 24.3 Å². The number of hydrogen-bond donors (Lipinski definition) is 1. The van der Waals surface area contributed by atoms with Crippen LogP contribution < -0.4 is 5.32 Å². The van der Waals surface area contributed by atoms with E-state index in [4.69, 9.17) is 0 Å². The molecule has 112 valence electrons. The quantitative estimate of drug-likeness (QED) is 0.888. The summed E-state index contributed by atoms with van der Waals surface area (Å²) in [5.74, 6) is 0.000154. The lowest BCUT2D eigenvalue weighted by Crippen LogP contribution is -2.23. The Balaban J connectivity index is 2.13. The Hall–Kier alpha value is -2.30. The Morgan fingerprint density at radius 1 is 1.29 bits per heavy atom. The summed E-state index contributed by atoms with van der Waals surface area (Å²) in [4.78, 5) is 13.7. The van der Waals surface area contributed by atoms with Crippen LogP contribution in [0, 0.1) is 0 Å². The van der Waals surface area contributed by atoms with Gasteiger partial charge in [0.15, 0.2) is 0 Å². The van der Waals surface area contributed by atoms with Gasteiger partial charge in [-0.1, -0.05) is 19.1 Å². The molecule has 5 nitrogen and oxygen atoms in total. The Bertz CT molecular complexity index is 604. The fraction of sp³-hybridized carbons (Fsp3) is 0.375. The zero-order valence-electron chi connectivity index (χ0n) is 12.8. The molecular weight excluding hydrogens is 264 g/mol. The zero-order chi connectivity index (χ0) is 15.2. The number of carbonyl (C=O) groups is 1. The van der Waals surface area contributed by atoms with Gasteiger partial charge in [-0.2, -0.15) is 5.10 Å². The summed E-state index contributed by atoms with van der Waals surface area (Å²) in [6.45, 7) is 3.68. The van der Waals surface area contributed by atoms with Crippen molar-refractivity contribution >= 4 is 11.6 Å². The van der Waals surface area contributed by atoms with Gasteiger partial charge in [-0.15, -0.1) is 0 Å². The van der Waals surface area contributed by atoms with Crippen molar-refractivity contribution in [3.05, 3.63) is 47.8 Å². The van der Waals surface area contributed by atoms with Gasteiger partial charge in [0.1, 0.15) is 0 Å². The number of anilines is 1. The molecule has 0 bridgehead atoms. The van der Waals surface area contributed by atoms with E-state index in [0.29, 0.717) is 12.1 Å². The zero-order valence-corrected chi connectivity index (χ0v) is 12.8. The van der Waals surface area contributed by atoms with Crippen LogP contribution in [-0.2, 0) is 13.1 Å². The lowest BCUT2D eigenvalue weighted by Gasteiger charge is -2.15. The highest BCUT2D eigenvalue weighted by Gasteiger charge is 2.12. The third-order valence-electron chi connectivity index (χ3n) is 3.26. The van der Waals surface area contributed by atoms with Crippen molar-refractivity contribution < 1.29 is 4.79 Å². The second-order valence-corrected chi connectivity index (χ2v) is 5.14. The van der Waals surface area contributed by atoms with Crippen LogP contribution in [0.1, 0.15) is 29.4 Å². The second kappa shape index (κ2) is 6.92. The lowest BCUT2D eigenvalue weighted by molar-refractivity contribution is 0.0828. The van der Waals surface area contributed by atoms with E-state index in [2.05, 4.69) is 17.3 Å². The molecule has 5 heteroatoms. The first-order valence-corrected chi connectivity index (χ1v) is 7.18. The van der Waals surface area contributed by atoms with E-state index in [1.54, 1.807) is 19.0 Å². The van der Waals surface area contributed by atoms with Crippen LogP contribution in [0.2, 0.25) is 0 Å². The molecule has 2 aromatic rings. The summed E-state index contributed by atoms with van der Waals surface area (Å²) in [5.41, 5.74) is 2.65. The van der Waals surface area contributed by atoms with Gasteiger partial charge < -0.3 is 10.2 Å². The van der Waals surface area contributed by atoms with Crippen LogP contribution in [0.25, 0.3) is 0 Å². The number of benzene rings is 1. The molecule has 0 atom stereocenters. The van der Waals surface area contributed by atoms with Gasteiger partial charge in [0.25, 0.3) is 5.91 Å². The highest BCUT2D eigenvalue weighted by Crippen LogP contribution is 2.17. The first-order chi connectivity index (χ1) is 10.1. The summed E-state index contributed by atoms with van der Waals surface area (Å²) in [6.07, 6.45) is 2.86. The molecule has 1 heterocycles. The number of rotatable bonds is 6. The van der Waals surface area contributed by atoms with Crippen molar-refractivity contribution in [2.24, 2.45) is 0 Å². The van der Waals surface area contributed by atoms with Gasteiger partial charge in [-0.3, -0.25) is 9.48 Å². The van der Waals surface area contributed by atoms with Crippen LogP contribution in [-0.4, -0.2) is 34.7 Å². The minimum Gasteiger partial charge on any atom is -0.379 e. The standard InChI is InChI=1S/C16H22N4O/c1-4-11-20-13(9-10-18-20)12-17-15-8-6-5-7-14(15)16(21)19(2)3/h5-10,17H,4,11-12H2,1-3H3. The maximum atomic E-state index is 12.2. The first-order valence-electron chi connectivity index (χ1n) is 7.18. The molecule has 2 rings (SSSR count). The van der Waals surface area contributed by atoms with Crippen LogP contribution >= 0.6 is 0 Å².